The van der Waals surface area contributed by atoms with Gasteiger partial charge in [0.2, 0.25) is 0 Å². The fourth-order valence-corrected chi connectivity index (χ4v) is 0.924. The molecule has 0 saturated heterocycles. The number of esters is 1. The Bertz CT molecular complexity index is 306. The maximum atomic E-state index is 11.0. The van der Waals surface area contributed by atoms with Crippen LogP contribution < -0.4 is 0 Å². The molecule has 0 rings (SSSR count). The summed E-state index contributed by atoms with van der Waals surface area (Å²) in [5.41, 5.74) is 0.921. The second-order valence-corrected chi connectivity index (χ2v) is 2.98. The van der Waals surface area contributed by atoms with Crippen LogP contribution in [-0.4, -0.2) is 5.97 Å². The summed E-state index contributed by atoms with van der Waals surface area (Å²) >= 11 is 0. The van der Waals surface area contributed by atoms with Gasteiger partial charge >= 0.3 is 5.97 Å². The number of carbonyl (C=O) groups is 1. The zero-order chi connectivity index (χ0) is 11.7. The van der Waals surface area contributed by atoms with Crippen molar-refractivity contribution in [2.75, 3.05) is 0 Å². The highest BCUT2D eigenvalue weighted by Crippen LogP contribution is 2.10. The SMILES string of the molecule is C=CC(=O)OC(/C=C\C)=C(C)/C=C\CC. The molecule has 0 amide bonds. The molecule has 2 heteroatoms. The van der Waals surface area contributed by atoms with E-state index in [0.29, 0.717) is 5.76 Å². The van der Waals surface area contributed by atoms with Crippen molar-refractivity contribution < 1.29 is 9.53 Å². The monoisotopic (exact) mass is 206 g/mol. The van der Waals surface area contributed by atoms with Gasteiger partial charge in [-0.25, -0.2) is 4.79 Å². The Morgan fingerprint density at radius 2 is 2.07 bits per heavy atom. The van der Waals surface area contributed by atoms with Gasteiger partial charge in [0.1, 0.15) is 5.76 Å². The van der Waals surface area contributed by atoms with E-state index in [-0.39, 0.29) is 0 Å². The van der Waals surface area contributed by atoms with Crippen molar-refractivity contribution in [1.82, 2.24) is 0 Å². The Kier molecular flexibility index (Phi) is 6.98. The highest BCUT2D eigenvalue weighted by atomic mass is 16.5. The second kappa shape index (κ2) is 7.80. The molecular weight excluding hydrogens is 188 g/mol. The van der Waals surface area contributed by atoms with Gasteiger partial charge in [0.15, 0.2) is 0 Å². The van der Waals surface area contributed by atoms with Gasteiger partial charge in [0, 0.05) is 6.08 Å². The van der Waals surface area contributed by atoms with Gasteiger partial charge in [-0.1, -0.05) is 31.7 Å². The molecule has 0 aliphatic rings. The van der Waals surface area contributed by atoms with E-state index < -0.39 is 5.97 Å². The quantitative estimate of drug-likeness (QED) is 0.298. The molecule has 0 aromatic heterocycles. The molecule has 0 N–H and O–H groups in total. The van der Waals surface area contributed by atoms with Crippen LogP contribution in [0.3, 0.4) is 0 Å². The molecule has 0 aromatic carbocycles. The van der Waals surface area contributed by atoms with Crippen molar-refractivity contribution in [1.29, 1.82) is 0 Å². The second-order valence-electron chi connectivity index (χ2n) is 2.98. The summed E-state index contributed by atoms with van der Waals surface area (Å²) in [7, 11) is 0. The van der Waals surface area contributed by atoms with Crippen LogP contribution in [0.15, 0.2) is 48.3 Å². The van der Waals surface area contributed by atoms with E-state index in [4.69, 9.17) is 4.74 Å². The van der Waals surface area contributed by atoms with E-state index in [9.17, 15) is 4.79 Å². The summed E-state index contributed by atoms with van der Waals surface area (Å²) in [5, 5.41) is 0. The molecule has 0 fully saturated rings. The minimum Gasteiger partial charge on any atom is -0.423 e. The summed E-state index contributed by atoms with van der Waals surface area (Å²) in [6.45, 7) is 9.18. The first kappa shape index (κ1) is 13.4. The predicted molar refractivity (Wildman–Crippen MR) is 63.2 cm³/mol. The van der Waals surface area contributed by atoms with Crippen molar-refractivity contribution >= 4 is 5.97 Å². The van der Waals surface area contributed by atoms with Crippen molar-refractivity contribution in [2.24, 2.45) is 0 Å². The molecule has 0 saturated carbocycles. The van der Waals surface area contributed by atoms with E-state index in [2.05, 4.69) is 13.5 Å². The van der Waals surface area contributed by atoms with E-state index in [1.54, 1.807) is 6.08 Å². The van der Waals surface area contributed by atoms with Gasteiger partial charge in [-0.05, 0) is 31.9 Å². The third-order valence-corrected chi connectivity index (χ3v) is 1.69. The number of hydrogen-bond donors (Lipinski definition) is 0. The Balaban J connectivity index is 4.84. The van der Waals surface area contributed by atoms with E-state index in [1.807, 2.05) is 32.1 Å². The highest BCUT2D eigenvalue weighted by Gasteiger charge is 2.02. The third-order valence-electron chi connectivity index (χ3n) is 1.69. The average Bonchev–Trinajstić information content (AvgIpc) is 2.24. The molecular formula is C13H18O2. The topological polar surface area (TPSA) is 26.3 Å². The lowest BCUT2D eigenvalue weighted by atomic mass is 10.2. The van der Waals surface area contributed by atoms with Crippen LogP contribution in [0.2, 0.25) is 0 Å². The number of rotatable bonds is 5. The zero-order valence-electron chi connectivity index (χ0n) is 9.62. The first-order valence-electron chi connectivity index (χ1n) is 5.00. The van der Waals surface area contributed by atoms with Crippen LogP contribution in [0.25, 0.3) is 0 Å². The number of hydrogen-bond acceptors (Lipinski definition) is 2. The molecule has 0 bridgehead atoms. The van der Waals surface area contributed by atoms with Crippen LogP contribution >= 0.6 is 0 Å². The molecule has 0 aliphatic heterocycles. The molecule has 0 aliphatic carbocycles. The van der Waals surface area contributed by atoms with Gasteiger partial charge < -0.3 is 4.74 Å². The Hall–Kier alpha value is -1.57. The summed E-state index contributed by atoms with van der Waals surface area (Å²) in [6.07, 6.45) is 9.65. The van der Waals surface area contributed by atoms with Crippen molar-refractivity contribution in [3.63, 3.8) is 0 Å². The van der Waals surface area contributed by atoms with Crippen molar-refractivity contribution in [3.8, 4) is 0 Å². The molecule has 0 atom stereocenters. The Morgan fingerprint density at radius 1 is 1.40 bits per heavy atom. The van der Waals surface area contributed by atoms with Gasteiger partial charge in [-0.2, -0.15) is 0 Å². The summed E-state index contributed by atoms with van der Waals surface area (Å²) < 4.78 is 5.08. The van der Waals surface area contributed by atoms with Crippen molar-refractivity contribution in [3.05, 3.63) is 48.3 Å². The summed E-state index contributed by atoms with van der Waals surface area (Å²) in [5.74, 6) is 0.124. The molecule has 82 valence electrons. The number of allylic oxidation sites excluding steroid dienone is 5. The standard InChI is InChI=1S/C13H18O2/c1-5-8-10-11(4)12(9-6-2)15-13(14)7-3/h6-10H,3,5H2,1-2,4H3/b9-6-,10-8-,12-11+. The maximum absolute atomic E-state index is 11.0. The third kappa shape index (κ3) is 5.68. The number of carbonyl (C=O) groups excluding carboxylic acids is 1. The minimum absolute atomic E-state index is 0.438. The molecule has 0 spiro atoms. The molecule has 0 heterocycles. The Morgan fingerprint density at radius 3 is 2.53 bits per heavy atom. The lowest BCUT2D eigenvalue weighted by Crippen LogP contribution is -2.00. The van der Waals surface area contributed by atoms with E-state index in [1.165, 1.54) is 0 Å². The molecule has 0 aromatic rings. The van der Waals surface area contributed by atoms with E-state index in [0.717, 1.165) is 18.1 Å². The first-order chi connectivity index (χ1) is 7.15. The zero-order valence-corrected chi connectivity index (χ0v) is 9.62. The number of ether oxygens (including phenoxy) is 1. The highest BCUT2D eigenvalue weighted by molar-refractivity contribution is 5.82. The average molecular weight is 206 g/mol. The largest absolute Gasteiger partial charge is 0.423 e. The minimum atomic E-state index is -0.438. The fourth-order valence-electron chi connectivity index (χ4n) is 0.924. The van der Waals surface area contributed by atoms with Crippen molar-refractivity contribution in [2.45, 2.75) is 27.2 Å². The first-order valence-corrected chi connectivity index (χ1v) is 5.00. The van der Waals surface area contributed by atoms with Gasteiger partial charge in [0.05, 0.1) is 0 Å². The van der Waals surface area contributed by atoms with Gasteiger partial charge in [-0.3, -0.25) is 0 Å². The Labute approximate surface area is 91.6 Å². The summed E-state index contributed by atoms with van der Waals surface area (Å²) in [4.78, 5) is 11.0. The van der Waals surface area contributed by atoms with Gasteiger partial charge in [-0.15, -0.1) is 0 Å². The van der Waals surface area contributed by atoms with Crippen LogP contribution in [0.5, 0.6) is 0 Å². The van der Waals surface area contributed by atoms with Gasteiger partial charge in [0.25, 0.3) is 0 Å². The maximum Gasteiger partial charge on any atom is 0.335 e. The fraction of sp³-hybridized carbons (Fsp3) is 0.308. The van der Waals surface area contributed by atoms with Crippen LogP contribution in [0, 0.1) is 0 Å². The van der Waals surface area contributed by atoms with Crippen LogP contribution in [0.4, 0.5) is 0 Å². The normalized spacial score (nSPS) is 13.0. The predicted octanol–water partition coefficient (Wildman–Crippen LogP) is 3.53. The summed E-state index contributed by atoms with van der Waals surface area (Å²) in [6, 6.07) is 0. The van der Waals surface area contributed by atoms with Crippen LogP contribution in [0.1, 0.15) is 27.2 Å². The lowest BCUT2D eigenvalue weighted by molar-refractivity contribution is -0.133. The molecule has 2 nitrogen and oxygen atoms in total. The van der Waals surface area contributed by atoms with E-state index >= 15 is 0 Å². The van der Waals surface area contributed by atoms with Crippen LogP contribution in [-0.2, 0) is 9.53 Å². The molecule has 0 unspecified atom stereocenters. The smallest absolute Gasteiger partial charge is 0.335 e. The molecule has 15 heavy (non-hydrogen) atoms. The molecule has 0 radical (unpaired) electrons. The lowest BCUT2D eigenvalue weighted by Gasteiger charge is -2.04.